The van der Waals surface area contributed by atoms with Crippen LogP contribution in [0.1, 0.15) is 10.4 Å². The van der Waals surface area contributed by atoms with Gasteiger partial charge in [0.25, 0.3) is 0 Å². The Bertz CT molecular complexity index is 814. The van der Waals surface area contributed by atoms with Crippen LogP contribution in [0.15, 0.2) is 48.5 Å². The number of fused-ring (bicyclic) bond motifs is 3. The second kappa shape index (κ2) is 5.42. The van der Waals surface area contributed by atoms with Crippen LogP contribution < -0.4 is 10.1 Å². The second-order valence-electron chi connectivity index (χ2n) is 5.06. The summed E-state index contributed by atoms with van der Waals surface area (Å²) in [6.07, 6.45) is 0. The van der Waals surface area contributed by atoms with E-state index in [0.29, 0.717) is 13.2 Å². The predicted molar refractivity (Wildman–Crippen MR) is 85.6 cm³/mol. The number of para-hydroxylation sites is 1. The molecule has 2 heterocycles. The number of aromatic nitrogens is 1. The molecule has 0 bridgehead atoms. The Morgan fingerprint density at radius 3 is 2.82 bits per heavy atom. The fourth-order valence-corrected chi connectivity index (χ4v) is 3.33. The summed E-state index contributed by atoms with van der Waals surface area (Å²) in [5.41, 5.74) is 3.05. The van der Waals surface area contributed by atoms with E-state index in [-0.39, 0.29) is 5.82 Å². The predicted octanol–water partition coefficient (Wildman–Crippen LogP) is 4.45. The number of ether oxygens (including phenoxy) is 1. The molecule has 1 aromatic heterocycles. The summed E-state index contributed by atoms with van der Waals surface area (Å²) < 4.78 is 18.6. The molecule has 4 rings (SSSR count). The number of anilines is 1. The van der Waals surface area contributed by atoms with Gasteiger partial charge in [0.1, 0.15) is 18.2 Å². The van der Waals surface area contributed by atoms with Crippen LogP contribution in [0.4, 0.5) is 9.52 Å². The first-order chi connectivity index (χ1) is 10.8. The van der Waals surface area contributed by atoms with Gasteiger partial charge < -0.3 is 10.1 Å². The largest absolute Gasteiger partial charge is 0.487 e. The molecule has 22 heavy (non-hydrogen) atoms. The van der Waals surface area contributed by atoms with Crippen molar-refractivity contribution >= 4 is 16.5 Å². The maximum absolute atomic E-state index is 12.9. The maximum atomic E-state index is 12.9. The zero-order valence-corrected chi connectivity index (χ0v) is 12.5. The number of hydrogen-bond acceptors (Lipinski definition) is 4. The van der Waals surface area contributed by atoms with E-state index in [2.05, 4.69) is 10.3 Å². The van der Waals surface area contributed by atoms with Crippen LogP contribution in [-0.2, 0) is 13.2 Å². The molecule has 0 saturated heterocycles. The van der Waals surface area contributed by atoms with E-state index in [1.807, 2.05) is 24.3 Å². The third-order valence-electron chi connectivity index (χ3n) is 3.56. The number of hydrogen-bond donors (Lipinski definition) is 1. The van der Waals surface area contributed by atoms with E-state index in [9.17, 15) is 4.39 Å². The highest BCUT2D eigenvalue weighted by Gasteiger charge is 2.21. The van der Waals surface area contributed by atoms with Gasteiger partial charge in [-0.3, -0.25) is 0 Å². The molecule has 1 N–H and O–H groups in total. The molecule has 1 aliphatic rings. The van der Waals surface area contributed by atoms with E-state index in [0.717, 1.165) is 32.6 Å². The smallest absolute Gasteiger partial charge is 0.183 e. The molecule has 3 aromatic rings. The molecule has 0 aliphatic carbocycles. The quantitative estimate of drug-likeness (QED) is 0.775. The Kier molecular flexibility index (Phi) is 3.27. The first-order valence-corrected chi connectivity index (χ1v) is 7.81. The van der Waals surface area contributed by atoms with Gasteiger partial charge in [0.05, 0.1) is 10.6 Å². The minimum absolute atomic E-state index is 0.220. The fraction of sp³-hybridized carbons (Fsp3) is 0.118. The van der Waals surface area contributed by atoms with Gasteiger partial charge in [0, 0.05) is 12.1 Å². The SMILES string of the molecule is Fc1ccc(CNc2nc3c(s2)COc2ccccc2-3)cc1. The van der Waals surface area contributed by atoms with Crippen LogP contribution >= 0.6 is 11.3 Å². The molecular weight excluding hydrogens is 299 g/mol. The molecule has 0 amide bonds. The highest BCUT2D eigenvalue weighted by molar-refractivity contribution is 7.16. The van der Waals surface area contributed by atoms with Gasteiger partial charge in [0.2, 0.25) is 0 Å². The van der Waals surface area contributed by atoms with Gasteiger partial charge in [-0.2, -0.15) is 0 Å². The number of nitrogens with one attached hydrogen (secondary N) is 1. The normalized spacial score (nSPS) is 12.2. The molecule has 110 valence electrons. The second-order valence-corrected chi connectivity index (χ2v) is 6.14. The first kappa shape index (κ1) is 13.3. The van der Waals surface area contributed by atoms with E-state index < -0.39 is 0 Å². The van der Waals surface area contributed by atoms with Crippen LogP contribution in [0.2, 0.25) is 0 Å². The zero-order chi connectivity index (χ0) is 14.9. The number of halogens is 1. The van der Waals surface area contributed by atoms with Gasteiger partial charge in [-0.1, -0.05) is 35.6 Å². The summed E-state index contributed by atoms with van der Waals surface area (Å²) in [7, 11) is 0. The number of nitrogens with zero attached hydrogens (tertiary/aromatic N) is 1. The Morgan fingerprint density at radius 1 is 1.14 bits per heavy atom. The Balaban J connectivity index is 1.56. The summed E-state index contributed by atoms with van der Waals surface area (Å²) in [5.74, 6) is 0.660. The van der Waals surface area contributed by atoms with Gasteiger partial charge in [-0.05, 0) is 29.8 Å². The summed E-state index contributed by atoms with van der Waals surface area (Å²) in [4.78, 5) is 5.80. The standard InChI is InChI=1S/C17H13FN2OS/c18-12-7-5-11(6-8-12)9-19-17-20-16-13-3-1-2-4-14(13)21-10-15(16)22-17/h1-8H,9-10H2,(H,19,20). The minimum Gasteiger partial charge on any atom is -0.487 e. The Hall–Kier alpha value is -2.40. The molecule has 1 aliphatic heterocycles. The third-order valence-corrected chi connectivity index (χ3v) is 4.54. The first-order valence-electron chi connectivity index (χ1n) is 7.00. The van der Waals surface area contributed by atoms with Gasteiger partial charge in [-0.25, -0.2) is 9.37 Å². The Labute approximate surface area is 131 Å². The van der Waals surface area contributed by atoms with Crippen molar-refractivity contribution in [3.8, 4) is 17.0 Å². The molecule has 0 spiro atoms. The monoisotopic (exact) mass is 312 g/mol. The molecule has 0 atom stereocenters. The molecule has 2 aromatic carbocycles. The Morgan fingerprint density at radius 2 is 1.95 bits per heavy atom. The van der Waals surface area contributed by atoms with E-state index in [1.54, 1.807) is 23.5 Å². The van der Waals surface area contributed by atoms with Gasteiger partial charge in [-0.15, -0.1) is 0 Å². The number of thiazole rings is 1. The summed E-state index contributed by atoms with van der Waals surface area (Å²) in [6, 6.07) is 14.4. The lowest BCUT2D eigenvalue weighted by molar-refractivity contribution is 0.305. The molecule has 0 saturated carbocycles. The van der Waals surface area contributed by atoms with Crippen molar-refractivity contribution in [1.82, 2.24) is 4.98 Å². The van der Waals surface area contributed by atoms with Crippen molar-refractivity contribution in [3.63, 3.8) is 0 Å². The molecule has 0 fully saturated rings. The number of rotatable bonds is 3. The van der Waals surface area contributed by atoms with Crippen molar-refractivity contribution in [2.45, 2.75) is 13.2 Å². The van der Waals surface area contributed by atoms with Crippen LogP contribution in [0.5, 0.6) is 5.75 Å². The lowest BCUT2D eigenvalue weighted by atomic mass is 10.1. The minimum atomic E-state index is -0.220. The van der Waals surface area contributed by atoms with Crippen molar-refractivity contribution < 1.29 is 9.13 Å². The lowest BCUT2D eigenvalue weighted by Crippen LogP contribution is -2.02. The van der Waals surface area contributed by atoms with E-state index in [1.165, 1.54) is 12.1 Å². The van der Waals surface area contributed by atoms with Crippen molar-refractivity contribution in [3.05, 3.63) is 64.8 Å². The van der Waals surface area contributed by atoms with Crippen LogP contribution in [-0.4, -0.2) is 4.98 Å². The zero-order valence-electron chi connectivity index (χ0n) is 11.7. The molecule has 5 heteroatoms. The molecule has 0 unspecified atom stereocenters. The molecule has 0 radical (unpaired) electrons. The average Bonchev–Trinajstić information content (AvgIpc) is 2.98. The van der Waals surface area contributed by atoms with Gasteiger partial charge in [0.15, 0.2) is 5.13 Å². The lowest BCUT2D eigenvalue weighted by Gasteiger charge is -2.15. The molecular formula is C17H13FN2OS. The summed E-state index contributed by atoms with van der Waals surface area (Å²) in [6.45, 7) is 1.18. The van der Waals surface area contributed by atoms with Crippen molar-refractivity contribution in [2.75, 3.05) is 5.32 Å². The van der Waals surface area contributed by atoms with Crippen LogP contribution in [0.25, 0.3) is 11.3 Å². The van der Waals surface area contributed by atoms with Crippen molar-refractivity contribution in [1.29, 1.82) is 0 Å². The van der Waals surface area contributed by atoms with E-state index in [4.69, 9.17) is 4.74 Å². The van der Waals surface area contributed by atoms with Crippen molar-refractivity contribution in [2.24, 2.45) is 0 Å². The maximum Gasteiger partial charge on any atom is 0.183 e. The fourth-order valence-electron chi connectivity index (χ4n) is 2.45. The molecule has 3 nitrogen and oxygen atoms in total. The summed E-state index contributed by atoms with van der Waals surface area (Å²) >= 11 is 1.60. The topological polar surface area (TPSA) is 34.2 Å². The van der Waals surface area contributed by atoms with Gasteiger partial charge >= 0.3 is 0 Å². The van der Waals surface area contributed by atoms with E-state index >= 15 is 0 Å². The average molecular weight is 312 g/mol. The highest BCUT2D eigenvalue weighted by atomic mass is 32.1. The van der Waals surface area contributed by atoms with Crippen LogP contribution in [0, 0.1) is 5.82 Å². The highest BCUT2D eigenvalue weighted by Crippen LogP contribution is 2.40. The van der Waals surface area contributed by atoms with Crippen LogP contribution in [0.3, 0.4) is 0 Å². The summed E-state index contributed by atoms with van der Waals surface area (Å²) in [5, 5.41) is 4.15. The third kappa shape index (κ3) is 2.44. The number of benzene rings is 2.